The number of hydrogen-bond acceptors (Lipinski definition) is 17. The Balaban J connectivity index is 1.35. The number of carbonyl (C=O) groups is 3. The summed E-state index contributed by atoms with van der Waals surface area (Å²) in [5, 5.41) is 23.7. The lowest BCUT2D eigenvalue weighted by Crippen LogP contribution is -2.65. The molecule has 3 fully saturated rings. The number of aromatic nitrogens is 6. The minimum Gasteiger partial charge on any atom is -0.455 e. The van der Waals surface area contributed by atoms with Crippen LogP contribution in [0, 0.1) is 17.8 Å². The number of aliphatic hydroxyl groups is 1. The van der Waals surface area contributed by atoms with E-state index in [1.807, 2.05) is 71.1 Å². The number of esters is 1. The molecule has 6 heterocycles. The number of rotatable bonds is 12. The first-order valence-electron chi connectivity index (χ1n) is 22.7. The van der Waals surface area contributed by atoms with Crippen molar-refractivity contribution in [1.82, 2.24) is 44.6 Å². The van der Waals surface area contributed by atoms with E-state index in [4.69, 9.17) is 29.4 Å². The Morgan fingerprint density at radius 1 is 1.05 bits per heavy atom. The van der Waals surface area contributed by atoms with Crippen molar-refractivity contribution in [2.75, 3.05) is 40.0 Å². The lowest BCUT2D eigenvalue weighted by Gasteiger charge is -2.46. The maximum atomic E-state index is 14.6. The van der Waals surface area contributed by atoms with Gasteiger partial charge in [0, 0.05) is 50.6 Å². The van der Waals surface area contributed by atoms with Gasteiger partial charge in [0.2, 0.25) is 0 Å². The monoisotopic (exact) mass is 909 g/mol. The van der Waals surface area contributed by atoms with Gasteiger partial charge in [-0.2, -0.15) is 4.98 Å². The number of pyridine rings is 1. The van der Waals surface area contributed by atoms with Crippen molar-refractivity contribution in [3.05, 3.63) is 53.3 Å². The molecule has 4 N–H and O–H groups in total. The van der Waals surface area contributed by atoms with Gasteiger partial charge in [-0.3, -0.25) is 28.7 Å². The molecule has 6 rings (SSSR count). The smallest absolute Gasteiger partial charge is 0.412 e. The minimum absolute atomic E-state index is 0.0501. The molecule has 1 amide bonds. The van der Waals surface area contributed by atoms with Crippen LogP contribution < -0.4 is 16.7 Å². The zero-order chi connectivity index (χ0) is 47.4. The molecule has 3 unspecified atom stereocenters. The van der Waals surface area contributed by atoms with Crippen LogP contribution >= 0.6 is 0 Å². The first-order chi connectivity index (χ1) is 30.8. The highest BCUT2D eigenvalue weighted by Crippen LogP contribution is 2.43. The Bertz CT molecular complexity index is 2160. The average Bonchev–Trinajstić information content (AvgIpc) is 3.87. The summed E-state index contributed by atoms with van der Waals surface area (Å²) in [6.45, 7) is 13.6. The van der Waals surface area contributed by atoms with Crippen LogP contribution in [0.25, 0.3) is 11.4 Å². The van der Waals surface area contributed by atoms with Crippen molar-refractivity contribution >= 4 is 23.7 Å². The fourth-order valence-corrected chi connectivity index (χ4v) is 9.87. The highest BCUT2D eigenvalue weighted by Gasteiger charge is 2.63. The number of aliphatic hydroxyl groups excluding tert-OH is 1. The molecule has 3 aromatic heterocycles. The van der Waals surface area contributed by atoms with Gasteiger partial charge in [-0.1, -0.05) is 32.1 Å². The van der Waals surface area contributed by atoms with E-state index in [-0.39, 0.29) is 36.8 Å². The number of cyclic esters (lactones) is 1. The number of ether oxygens (including phenoxy) is 5. The van der Waals surface area contributed by atoms with Gasteiger partial charge >= 0.3 is 17.8 Å². The number of nitrogens with zero attached hydrogens (tertiary/aromatic N) is 8. The van der Waals surface area contributed by atoms with E-state index in [0.29, 0.717) is 50.2 Å². The number of methoxy groups -OCH3 is 1. The number of nitrogen functional groups attached to an aromatic ring is 1. The molecule has 0 radical (unpaired) electrons. The number of amides is 1. The van der Waals surface area contributed by atoms with E-state index >= 15 is 0 Å². The molecular weight excluding hydrogens is 841 g/mol. The van der Waals surface area contributed by atoms with Crippen molar-refractivity contribution in [2.24, 2.45) is 17.8 Å². The molecule has 65 heavy (non-hydrogen) atoms. The highest BCUT2D eigenvalue weighted by atomic mass is 16.7. The zero-order valence-electron chi connectivity index (χ0n) is 39.3. The molecule has 20 heteroatoms. The number of likely N-dealkylation sites (N-methyl/N-ethyl adjacent to an activating group) is 1. The normalized spacial score (nSPS) is 34.1. The molecule has 0 bridgehead atoms. The summed E-state index contributed by atoms with van der Waals surface area (Å²) >= 11 is 0. The lowest BCUT2D eigenvalue weighted by atomic mass is 9.78. The second-order valence-electron chi connectivity index (χ2n) is 18.5. The van der Waals surface area contributed by atoms with E-state index in [9.17, 15) is 24.3 Å². The summed E-state index contributed by atoms with van der Waals surface area (Å²) in [6, 6.07) is 5.14. The van der Waals surface area contributed by atoms with Gasteiger partial charge in [-0.15, -0.1) is 5.10 Å². The largest absolute Gasteiger partial charge is 0.455 e. The lowest BCUT2D eigenvalue weighted by molar-refractivity contribution is -0.295. The molecular formula is C45H68N10O10. The molecule has 20 nitrogen and oxygen atoms in total. The molecule has 0 aliphatic carbocycles. The van der Waals surface area contributed by atoms with Crippen molar-refractivity contribution < 1.29 is 43.2 Å². The SMILES string of the molecule is CC[C@H]1OC(=O)C(C)C(=O)[C@H](C)[C@@H](O[C@@H]2O[C@H](C)CC(N(C)C)C2O)[C@](C)(OC)C[C@@H](C)CN[C@H](C)[C@H]2N(CCCCn3cc(-c4ccccn4)nn3)C(=O)O[C@]12n1ccc(N)nc1=O. The van der Waals surface area contributed by atoms with Gasteiger partial charge in [0.05, 0.1) is 29.7 Å². The number of carbonyl (C=O) groups excluding carboxylic acids is 3. The molecule has 3 aliphatic rings. The van der Waals surface area contributed by atoms with Crippen LogP contribution in [-0.2, 0) is 45.5 Å². The summed E-state index contributed by atoms with van der Waals surface area (Å²) in [5.74, 6) is -3.92. The third-order valence-corrected chi connectivity index (χ3v) is 13.4. The van der Waals surface area contributed by atoms with Crippen molar-refractivity contribution in [3.8, 4) is 11.4 Å². The van der Waals surface area contributed by atoms with Crippen LogP contribution in [0.4, 0.5) is 10.6 Å². The number of aryl methyl sites for hydroxylation is 1. The topological polar surface area (TPSA) is 241 Å². The van der Waals surface area contributed by atoms with Crippen molar-refractivity contribution in [3.63, 3.8) is 0 Å². The predicted molar refractivity (Wildman–Crippen MR) is 238 cm³/mol. The van der Waals surface area contributed by atoms with E-state index < -0.39 is 83.4 Å². The van der Waals surface area contributed by atoms with Gasteiger partial charge in [0.25, 0.3) is 5.72 Å². The number of Topliss-reactive ketones (excluding diaryl/α,β-unsaturated/α-hetero) is 1. The van der Waals surface area contributed by atoms with Gasteiger partial charge in [-0.05, 0) is 105 Å². The second kappa shape index (κ2) is 20.8. The summed E-state index contributed by atoms with van der Waals surface area (Å²) < 4.78 is 34.8. The first-order valence-corrected chi connectivity index (χ1v) is 22.7. The number of nitrogens with two attached hydrogens (primary N) is 1. The molecule has 3 aliphatic heterocycles. The summed E-state index contributed by atoms with van der Waals surface area (Å²) in [7, 11) is 5.31. The van der Waals surface area contributed by atoms with Gasteiger partial charge < -0.3 is 44.7 Å². The van der Waals surface area contributed by atoms with Crippen molar-refractivity contribution in [1.29, 1.82) is 0 Å². The van der Waals surface area contributed by atoms with Crippen LogP contribution in [0.15, 0.2) is 47.7 Å². The van der Waals surface area contributed by atoms with Crippen LogP contribution in [0.3, 0.4) is 0 Å². The number of ketones is 1. The highest BCUT2D eigenvalue weighted by molar-refractivity contribution is 6.00. The number of fused-ring (bicyclic) bond motifs is 1. The predicted octanol–water partition coefficient (Wildman–Crippen LogP) is 2.83. The Labute approximate surface area is 380 Å². The third-order valence-electron chi connectivity index (χ3n) is 13.4. The number of unbranched alkanes of at least 4 members (excludes halogenated alkanes) is 1. The molecule has 3 saturated heterocycles. The zero-order valence-corrected chi connectivity index (χ0v) is 39.3. The third kappa shape index (κ3) is 10.4. The molecule has 0 saturated carbocycles. The van der Waals surface area contributed by atoms with Crippen molar-refractivity contribution in [2.45, 2.75) is 147 Å². The summed E-state index contributed by atoms with van der Waals surface area (Å²) in [5.41, 5.74) is 3.38. The number of anilines is 1. The van der Waals surface area contributed by atoms with E-state index in [1.165, 1.54) is 23.8 Å². The van der Waals surface area contributed by atoms with Gasteiger partial charge in [0.15, 0.2) is 18.2 Å². The molecule has 0 spiro atoms. The van der Waals surface area contributed by atoms with E-state index in [2.05, 4.69) is 25.6 Å². The summed E-state index contributed by atoms with van der Waals surface area (Å²) in [4.78, 5) is 69.3. The Morgan fingerprint density at radius 2 is 1.78 bits per heavy atom. The van der Waals surface area contributed by atoms with Crippen LogP contribution in [0.1, 0.15) is 80.6 Å². The Kier molecular flexibility index (Phi) is 15.8. The molecule has 13 atom stereocenters. The van der Waals surface area contributed by atoms with E-state index in [0.717, 1.165) is 0 Å². The van der Waals surface area contributed by atoms with Crippen LogP contribution in [-0.4, -0.2) is 151 Å². The molecule has 358 valence electrons. The Hall–Kier alpha value is -4.86. The van der Waals surface area contributed by atoms with E-state index in [1.54, 1.807) is 36.7 Å². The molecule has 0 aromatic carbocycles. The standard InChI is InChI=1S/C45H68N10O10/c1-11-34-45(55-21-17-35(46)49-42(55)59)38(54(43(60)65-45)20-15-14-19-53-25-32(50-51-53)31-16-12-13-18-47-31)30(6)48-24-26(2)23-44(7,61-10)39(28(4)36(56)29(5)40(58)63-34)64-41-37(57)33(52(8)9)22-27(3)62-41/h12-13,16-18,21,25-30,33-34,37-39,41,48,57H,11,14-15,19-20,22-24H2,1-10H3,(H2,46,49,59)/t26-,27-,28+,29?,30-,33?,34-,37?,38-,39-,41+,44-,45-/m1/s1. The van der Waals surface area contributed by atoms with Crippen LogP contribution in [0.5, 0.6) is 0 Å². The molecule has 3 aromatic rings. The Morgan fingerprint density at radius 3 is 2.45 bits per heavy atom. The fraction of sp³-hybridized carbons (Fsp3) is 0.689. The summed E-state index contributed by atoms with van der Waals surface area (Å²) in [6.07, 6.45) is 1.58. The maximum absolute atomic E-state index is 14.6. The van der Waals surface area contributed by atoms with Gasteiger partial charge in [0.1, 0.15) is 29.6 Å². The average molecular weight is 909 g/mol. The quantitative estimate of drug-likeness (QED) is 0.134. The maximum Gasteiger partial charge on any atom is 0.412 e. The minimum atomic E-state index is -1.96. The first kappa shape index (κ1) is 49.6. The van der Waals surface area contributed by atoms with Gasteiger partial charge in [-0.25, -0.2) is 9.59 Å². The van der Waals surface area contributed by atoms with Crippen LogP contribution in [0.2, 0.25) is 0 Å². The number of hydrogen-bond donors (Lipinski definition) is 3. The second-order valence-corrected chi connectivity index (χ2v) is 18.5. The number of nitrogens with one attached hydrogen (secondary N) is 1. The fourth-order valence-electron chi connectivity index (χ4n) is 9.87.